The second kappa shape index (κ2) is 5.97. The highest BCUT2D eigenvalue weighted by atomic mass is 16.5. The first-order chi connectivity index (χ1) is 10.3. The second-order valence-corrected chi connectivity index (χ2v) is 4.98. The largest absolute Gasteiger partial charge is 0.497 e. The van der Waals surface area contributed by atoms with Crippen molar-refractivity contribution in [2.75, 3.05) is 7.11 Å². The molecule has 2 aromatic rings. The quantitative estimate of drug-likeness (QED) is 0.857. The normalized spacial score (nSPS) is 20.5. The van der Waals surface area contributed by atoms with Crippen molar-refractivity contribution in [3.8, 4) is 5.75 Å². The number of nitrogens with one attached hydrogen (secondary N) is 1. The Bertz CT molecular complexity index is 610. The minimum absolute atomic E-state index is 0.0632. The standard InChI is InChI=1S/C17H17NO3/c1-20-14-9-7-13(8-10-14)15-16(17(19)18-15)21-11-12-5-3-2-4-6-12/h2-10,15-16H,11H2,1H3,(H,18,19)/t15-,16+/m0/s1. The first-order valence-corrected chi connectivity index (χ1v) is 6.88. The van der Waals surface area contributed by atoms with E-state index in [2.05, 4.69) is 5.32 Å². The van der Waals surface area contributed by atoms with Crippen molar-refractivity contribution >= 4 is 5.91 Å². The number of rotatable bonds is 5. The Labute approximate surface area is 123 Å². The summed E-state index contributed by atoms with van der Waals surface area (Å²) in [6, 6.07) is 17.4. The molecule has 0 bridgehead atoms. The third-order valence-electron chi connectivity index (χ3n) is 3.61. The number of hydrogen-bond acceptors (Lipinski definition) is 3. The summed E-state index contributed by atoms with van der Waals surface area (Å²) in [5.74, 6) is 0.734. The Hall–Kier alpha value is -2.33. The van der Waals surface area contributed by atoms with Gasteiger partial charge in [0.05, 0.1) is 19.8 Å². The van der Waals surface area contributed by atoms with Crippen LogP contribution in [-0.2, 0) is 16.1 Å². The van der Waals surface area contributed by atoms with Gasteiger partial charge in [-0.3, -0.25) is 4.79 Å². The molecule has 2 aromatic carbocycles. The van der Waals surface area contributed by atoms with Gasteiger partial charge in [-0.1, -0.05) is 42.5 Å². The summed E-state index contributed by atoms with van der Waals surface area (Å²) in [7, 11) is 1.63. The number of carbonyl (C=O) groups is 1. The molecule has 3 rings (SSSR count). The van der Waals surface area contributed by atoms with Crippen LogP contribution in [0, 0.1) is 0 Å². The molecule has 1 heterocycles. The van der Waals surface area contributed by atoms with E-state index in [-0.39, 0.29) is 11.9 Å². The van der Waals surface area contributed by atoms with Crippen molar-refractivity contribution in [3.05, 3.63) is 65.7 Å². The molecule has 0 aliphatic carbocycles. The smallest absolute Gasteiger partial charge is 0.252 e. The Morgan fingerprint density at radius 2 is 1.76 bits per heavy atom. The van der Waals surface area contributed by atoms with Crippen LogP contribution in [0.1, 0.15) is 17.2 Å². The molecule has 1 aliphatic rings. The fraction of sp³-hybridized carbons (Fsp3) is 0.235. The summed E-state index contributed by atoms with van der Waals surface area (Å²) >= 11 is 0. The molecular weight excluding hydrogens is 266 g/mol. The number of benzene rings is 2. The van der Waals surface area contributed by atoms with Gasteiger partial charge < -0.3 is 14.8 Å². The molecule has 0 unspecified atom stereocenters. The molecule has 4 heteroatoms. The van der Waals surface area contributed by atoms with Gasteiger partial charge in [0.1, 0.15) is 5.75 Å². The molecule has 4 nitrogen and oxygen atoms in total. The average Bonchev–Trinajstić information content (AvgIpc) is 2.54. The van der Waals surface area contributed by atoms with Gasteiger partial charge in [0, 0.05) is 0 Å². The molecule has 0 saturated carbocycles. The second-order valence-electron chi connectivity index (χ2n) is 4.98. The lowest BCUT2D eigenvalue weighted by atomic mass is 9.94. The predicted molar refractivity (Wildman–Crippen MR) is 78.9 cm³/mol. The molecule has 1 saturated heterocycles. The fourth-order valence-corrected chi connectivity index (χ4v) is 2.37. The minimum atomic E-state index is -0.432. The van der Waals surface area contributed by atoms with Gasteiger partial charge in [0.25, 0.3) is 5.91 Å². The Morgan fingerprint density at radius 3 is 2.38 bits per heavy atom. The van der Waals surface area contributed by atoms with Crippen LogP contribution in [0.5, 0.6) is 5.75 Å². The zero-order valence-electron chi connectivity index (χ0n) is 11.8. The highest BCUT2D eigenvalue weighted by molar-refractivity contribution is 5.88. The number of methoxy groups -OCH3 is 1. The van der Waals surface area contributed by atoms with Crippen molar-refractivity contribution in [2.24, 2.45) is 0 Å². The van der Waals surface area contributed by atoms with Crippen LogP contribution < -0.4 is 10.1 Å². The van der Waals surface area contributed by atoms with Crippen molar-refractivity contribution in [3.63, 3.8) is 0 Å². The fourth-order valence-electron chi connectivity index (χ4n) is 2.37. The molecule has 0 aromatic heterocycles. The summed E-state index contributed by atoms with van der Waals surface area (Å²) in [4.78, 5) is 11.7. The number of carbonyl (C=O) groups excluding carboxylic acids is 1. The van der Waals surface area contributed by atoms with Crippen LogP contribution in [0.25, 0.3) is 0 Å². The maximum atomic E-state index is 11.7. The molecule has 21 heavy (non-hydrogen) atoms. The third kappa shape index (κ3) is 2.90. The van der Waals surface area contributed by atoms with Gasteiger partial charge in [-0.25, -0.2) is 0 Å². The SMILES string of the molecule is COc1ccc([C@@H]2NC(=O)[C@@H]2OCc2ccccc2)cc1. The van der Waals surface area contributed by atoms with E-state index in [9.17, 15) is 4.79 Å². The number of ether oxygens (including phenoxy) is 2. The lowest BCUT2D eigenvalue weighted by Crippen LogP contribution is -2.57. The first kappa shape index (κ1) is 13.6. The predicted octanol–water partition coefficient (Wildman–Crippen LogP) is 2.45. The van der Waals surface area contributed by atoms with E-state index in [0.29, 0.717) is 6.61 Å². The summed E-state index contributed by atoms with van der Waals surface area (Å²) in [6.45, 7) is 0.436. The Kier molecular flexibility index (Phi) is 3.88. The van der Waals surface area contributed by atoms with E-state index in [1.807, 2.05) is 54.6 Å². The van der Waals surface area contributed by atoms with Gasteiger partial charge in [-0.05, 0) is 23.3 Å². The molecule has 2 atom stereocenters. The highest BCUT2D eigenvalue weighted by Crippen LogP contribution is 2.29. The van der Waals surface area contributed by atoms with Crippen molar-refractivity contribution < 1.29 is 14.3 Å². The number of hydrogen-bond donors (Lipinski definition) is 1. The Balaban J connectivity index is 1.65. The van der Waals surface area contributed by atoms with Crippen LogP contribution in [0.2, 0.25) is 0 Å². The average molecular weight is 283 g/mol. The summed E-state index contributed by atoms with van der Waals surface area (Å²) in [6.07, 6.45) is -0.432. The van der Waals surface area contributed by atoms with E-state index in [1.165, 1.54) is 0 Å². The molecule has 1 aliphatic heterocycles. The number of amides is 1. The van der Waals surface area contributed by atoms with Crippen LogP contribution >= 0.6 is 0 Å². The van der Waals surface area contributed by atoms with E-state index >= 15 is 0 Å². The topological polar surface area (TPSA) is 47.6 Å². The molecule has 1 N–H and O–H groups in total. The van der Waals surface area contributed by atoms with Crippen molar-refractivity contribution in [2.45, 2.75) is 18.8 Å². The lowest BCUT2D eigenvalue weighted by molar-refractivity contribution is -0.150. The number of β-lactam (4-membered cyclic amide) rings is 1. The van der Waals surface area contributed by atoms with Crippen LogP contribution in [0.4, 0.5) is 0 Å². The summed E-state index contributed by atoms with van der Waals surface area (Å²) in [5, 5.41) is 2.88. The molecule has 0 spiro atoms. The van der Waals surface area contributed by atoms with Crippen molar-refractivity contribution in [1.82, 2.24) is 5.32 Å². The first-order valence-electron chi connectivity index (χ1n) is 6.88. The maximum Gasteiger partial charge on any atom is 0.252 e. The molecule has 1 amide bonds. The third-order valence-corrected chi connectivity index (χ3v) is 3.61. The van der Waals surface area contributed by atoms with E-state index < -0.39 is 6.10 Å². The van der Waals surface area contributed by atoms with E-state index in [0.717, 1.165) is 16.9 Å². The van der Waals surface area contributed by atoms with Crippen LogP contribution in [-0.4, -0.2) is 19.1 Å². The summed E-state index contributed by atoms with van der Waals surface area (Å²) in [5.41, 5.74) is 2.08. The zero-order chi connectivity index (χ0) is 14.7. The zero-order valence-corrected chi connectivity index (χ0v) is 11.8. The molecule has 1 fully saturated rings. The van der Waals surface area contributed by atoms with Gasteiger partial charge in [-0.2, -0.15) is 0 Å². The summed E-state index contributed by atoms with van der Waals surface area (Å²) < 4.78 is 10.9. The van der Waals surface area contributed by atoms with E-state index in [4.69, 9.17) is 9.47 Å². The lowest BCUT2D eigenvalue weighted by Gasteiger charge is -2.36. The maximum absolute atomic E-state index is 11.7. The Morgan fingerprint density at radius 1 is 1.05 bits per heavy atom. The van der Waals surface area contributed by atoms with Gasteiger partial charge in [0.15, 0.2) is 6.10 Å². The van der Waals surface area contributed by atoms with Gasteiger partial charge in [0.2, 0.25) is 0 Å². The van der Waals surface area contributed by atoms with Crippen molar-refractivity contribution in [1.29, 1.82) is 0 Å². The van der Waals surface area contributed by atoms with E-state index in [1.54, 1.807) is 7.11 Å². The molecule has 108 valence electrons. The highest BCUT2D eigenvalue weighted by Gasteiger charge is 2.41. The molecule has 0 radical (unpaired) electrons. The minimum Gasteiger partial charge on any atom is -0.497 e. The monoisotopic (exact) mass is 283 g/mol. The van der Waals surface area contributed by atoms with Crippen LogP contribution in [0.15, 0.2) is 54.6 Å². The van der Waals surface area contributed by atoms with Crippen LogP contribution in [0.3, 0.4) is 0 Å². The van der Waals surface area contributed by atoms with Gasteiger partial charge >= 0.3 is 0 Å². The van der Waals surface area contributed by atoms with Gasteiger partial charge in [-0.15, -0.1) is 0 Å². The molecular formula is C17H17NO3.